The molecule has 0 radical (unpaired) electrons. The van der Waals surface area contributed by atoms with E-state index in [1.54, 1.807) is 38.5 Å². The van der Waals surface area contributed by atoms with Gasteiger partial charge in [0.05, 0.1) is 14.2 Å². The van der Waals surface area contributed by atoms with Gasteiger partial charge in [0.15, 0.2) is 6.10 Å². The van der Waals surface area contributed by atoms with Crippen LogP contribution in [-0.4, -0.2) is 31.4 Å². The molecule has 5 heteroatoms. The van der Waals surface area contributed by atoms with Crippen LogP contribution in [0.25, 0.3) is 10.8 Å². The summed E-state index contributed by atoms with van der Waals surface area (Å²) in [4.78, 5) is 11.8. The number of carboxylic acids is 1. The minimum Gasteiger partial charge on any atom is -0.497 e. The number of fused-ring (bicyclic) bond motifs is 1. The van der Waals surface area contributed by atoms with Crippen LogP contribution >= 0.6 is 0 Å². The summed E-state index contributed by atoms with van der Waals surface area (Å²) in [6.07, 6.45) is -0.866. The van der Waals surface area contributed by atoms with E-state index in [1.807, 2.05) is 36.4 Å². The van der Waals surface area contributed by atoms with E-state index in [1.165, 1.54) is 0 Å². The highest BCUT2D eigenvalue weighted by Gasteiger charge is 2.23. The molecule has 0 aliphatic carbocycles. The molecule has 26 heavy (non-hydrogen) atoms. The Bertz CT molecular complexity index is 914. The monoisotopic (exact) mass is 352 g/mol. The normalized spacial score (nSPS) is 11.8. The van der Waals surface area contributed by atoms with E-state index < -0.39 is 12.1 Å². The van der Waals surface area contributed by atoms with E-state index in [4.69, 9.17) is 14.2 Å². The van der Waals surface area contributed by atoms with Gasteiger partial charge in [-0.25, -0.2) is 4.79 Å². The smallest absolute Gasteiger partial charge is 0.345 e. The first-order valence-electron chi connectivity index (χ1n) is 8.20. The third kappa shape index (κ3) is 3.72. The standard InChI is InChI=1S/C21H20O5/c1-24-16-11-10-15(19(13-16)25-2)12-20(21(22)23)26-18-9-5-7-14-6-3-4-8-17(14)18/h3-11,13,20H,12H2,1-2H3,(H,22,23). The summed E-state index contributed by atoms with van der Waals surface area (Å²) in [5.74, 6) is 0.725. The minimum absolute atomic E-state index is 0.172. The highest BCUT2D eigenvalue weighted by atomic mass is 16.5. The molecule has 134 valence electrons. The first kappa shape index (κ1) is 17.6. The fourth-order valence-electron chi connectivity index (χ4n) is 2.85. The summed E-state index contributed by atoms with van der Waals surface area (Å²) in [6.45, 7) is 0. The summed E-state index contributed by atoms with van der Waals surface area (Å²) < 4.78 is 16.4. The number of methoxy groups -OCH3 is 2. The molecule has 3 aromatic rings. The van der Waals surface area contributed by atoms with Gasteiger partial charge in [0, 0.05) is 17.9 Å². The van der Waals surface area contributed by atoms with E-state index in [9.17, 15) is 9.90 Å². The highest BCUT2D eigenvalue weighted by Crippen LogP contribution is 2.29. The fourth-order valence-corrected chi connectivity index (χ4v) is 2.85. The average Bonchev–Trinajstić information content (AvgIpc) is 2.67. The molecule has 3 aromatic carbocycles. The van der Waals surface area contributed by atoms with E-state index in [2.05, 4.69) is 0 Å². The van der Waals surface area contributed by atoms with Gasteiger partial charge >= 0.3 is 5.97 Å². The second-order valence-electron chi connectivity index (χ2n) is 5.80. The third-order valence-electron chi connectivity index (χ3n) is 4.19. The van der Waals surface area contributed by atoms with E-state index >= 15 is 0 Å². The molecule has 0 saturated carbocycles. The lowest BCUT2D eigenvalue weighted by molar-refractivity contribution is -0.144. The third-order valence-corrected chi connectivity index (χ3v) is 4.19. The van der Waals surface area contributed by atoms with Gasteiger partial charge in [0.25, 0.3) is 0 Å². The van der Waals surface area contributed by atoms with Crippen molar-refractivity contribution >= 4 is 16.7 Å². The maximum absolute atomic E-state index is 11.8. The molecule has 1 N–H and O–H groups in total. The number of hydrogen-bond donors (Lipinski definition) is 1. The van der Waals surface area contributed by atoms with Gasteiger partial charge in [-0.1, -0.05) is 42.5 Å². The van der Waals surface area contributed by atoms with Crippen molar-refractivity contribution in [1.29, 1.82) is 0 Å². The fraction of sp³-hybridized carbons (Fsp3) is 0.190. The number of aliphatic carboxylic acids is 1. The number of rotatable bonds is 7. The van der Waals surface area contributed by atoms with Crippen LogP contribution in [0, 0.1) is 0 Å². The van der Waals surface area contributed by atoms with Gasteiger partial charge in [-0.2, -0.15) is 0 Å². The number of carboxylic acid groups (broad SMARTS) is 1. The summed E-state index contributed by atoms with van der Waals surface area (Å²) in [5.41, 5.74) is 0.737. The van der Waals surface area contributed by atoms with Gasteiger partial charge < -0.3 is 19.3 Å². The lowest BCUT2D eigenvalue weighted by Crippen LogP contribution is -2.29. The number of carbonyl (C=O) groups is 1. The lowest BCUT2D eigenvalue weighted by Gasteiger charge is -2.18. The summed E-state index contributed by atoms with van der Waals surface area (Å²) in [5, 5.41) is 11.5. The van der Waals surface area contributed by atoms with Crippen molar-refractivity contribution < 1.29 is 24.1 Å². The Balaban J connectivity index is 1.90. The van der Waals surface area contributed by atoms with Crippen molar-refractivity contribution in [2.45, 2.75) is 12.5 Å². The zero-order valence-electron chi connectivity index (χ0n) is 14.6. The Kier molecular flexibility index (Phi) is 5.27. The maximum atomic E-state index is 11.8. The van der Waals surface area contributed by atoms with Gasteiger partial charge in [0.2, 0.25) is 0 Å². The SMILES string of the molecule is COc1ccc(CC(Oc2cccc3ccccc23)C(=O)O)c(OC)c1. The summed E-state index contributed by atoms with van der Waals surface area (Å²) in [6, 6.07) is 18.6. The molecule has 0 amide bonds. The Hall–Kier alpha value is -3.21. The van der Waals surface area contributed by atoms with Crippen LogP contribution in [0.4, 0.5) is 0 Å². The first-order chi connectivity index (χ1) is 12.6. The molecule has 0 saturated heterocycles. The predicted molar refractivity (Wildman–Crippen MR) is 99.2 cm³/mol. The number of benzene rings is 3. The molecule has 1 unspecified atom stereocenters. The molecule has 0 aromatic heterocycles. The van der Waals surface area contributed by atoms with Gasteiger partial charge in [-0.15, -0.1) is 0 Å². The van der Waals surface area contributed by atoms with Crippen LogP contribution < -0.4 is 14.2 Å². The molecule has 3 rings (SSSR count). The van der Waals surface area contributed by atoms with Crippen molar-refractivity contribution in [2.75, 3.05) is 14.2 Å². The molecule has 0 heterocycles. The molecule has 5 nitrogen and oxygen atoms in total. The van der Waals surface area contributed by atoms with E-state index in [0.717, 1.165) is 16.3 Å². The molecule has 0 bridgehead atoms. The minimum atomic E-state index is -1.04. The Morgan fingerprint density at radius 3 is 2.46 bits per heavy atom. The van der Waals surface area contributed by atoms with Crippen LogP contribution in [-0.2, 0) is 11.2 Å². The number of hydrogen-bond acceptors (Lipinski definition) is 4. The van der Waals surface area contributed by atoms with Crippen molar-refractivity contribution in [3.05, 3.63) is 66.2 Å². The molecule has 0 fully saturated rings. The predicted octanol–water partition coefficient (Wildman–Crippen LogP) is 3.93. The summed E-state index contributed by atoms with van der Waals surface area (Å²) >= 11 is 0. The van der Waals surface area contributed by atoms with Gasteiger partial charge in [-0.05, 0) is 23.1 Å². The Morgan fingerprint density at radius 2 is 1.73 bits per heavy atom. The van der Waals surface area contributed by atoms with Gasteiger partial charge in [0.1, 0.15) is 17.2 Å². The second kappa shape index (κ2) is 7.78. The Morgan fingerprint density at radius 1 is 0.962 bits per heavy atom. The molecule has 0 aliphatic rings. The zero-order valence-corrected chi connectivity index (χ0v) is 14.6. The van der Waals surface area contributed by atoms with Crippen LogP contribution in [0.5, 0.6) is 17.2 Å². The highest BCUT2D eigenvalue weighted by molar-refractivity contribution is 5.88. The quantitative estimate of drug-likeness (QED) is 0.698. The van der Waals surface area contributed by atoms with Crippen molar-refractivity contribution in [3.63, 3.8) is 0 Å². The molecule has 0 spiro atoms. The zero-order chi connectivity index (χ0) is 18.5. The Labute approximate surface area is 151 Å². The largest absolute Gasteiger partial charge is 0.497 e. The molecular weight excluding hydrogens is 332 g/mol. The second-order valence-corrected chi connectivity index (χ2v) is 5.80. The first-order valence-corrected chi connectivity index (χ1v) is 8.20. The van der Waals surface area contributed by atoms with Crippen LogP contribution in [0.3, 0.4) is 0 Å². The summed E-state index contributed by atoms with van der Waals surface area (Å²) in [7, 11) is 3.11. The lowest BCUT2D eigenvalue weighted by atomic mass is 10.1. The molecule has 0 aliphatic heterocycles. The maximum Gasteiger partial charge on any atom is 0.345 e. The molecule has 1 atom stereocenters. The van der Waals surface area contributed by atoms with Crippen LogP contribution in [0.1, 0.15) is 5.56 Å². The molecular formula is C21H20O5. The van der Waals surface area contributed by atoms with E-state index in [-0.39, 0.29) is 6.42 Å². The van der Waals surface area contributed by atoms with Crippen molar-refractivity contribution in [2.24, 2.45) is 0 Å². The number of ether oxygens (including phenoxy) is 3. The van der Waals surface area contributed by atoms with Gasteiger partial charge in [-0.3, -0.25) is 0 Å². The van der Waals surface area contributed by atoms with Crippen LogP contribution in [0.15, 0.2) is 60.7 Å². The van der Waals surface area contributed by atoms with Crippen molar-refractivity contribution in [3.8, 4) is 17.2 Å². The average molecular weight is 352 g/mol. The van der Waals surface area contributed by atoms with Crippen LogP contribution in [0.2, 0.25) is 0 Å². The topological polar surface area (TPSA) is 65.0 Å². The van der Waals surface area contributed by atoms with E-state index in [0.29, 0.717) is 17.2 Å². The van der Waals surface area contributed by atoms with Crippen molar-refractivity contribution in [1.82, 2.24) is 0 Å².